The number of nitrogens with one attached hydrogen (secondary N) is 1. The Labute approximate surface area is 273 Å². The van der Waals surface area contributed by atoms with Crippen molar-refractivity contribution in [2.75, 3.05) is 49.9 Å². The van der Waals surface area contributed by atoms with Gasteiger partial charge in [0.15, 0.2) is 0 Å². The Morgan fingerprint density at radius 1 is 1.20 bits per heavy atom. The number of nitriles is 1. The number of nitrogens with zero attached hydrogens (tertiary/aromatic N) is 2. The molecule has 1 heterocycles. The first kappa shape index (κ1) is 36.4. The Kier molecular flexibility index (Phi) is 13.8. The molecule has 1 N–H and O–H groups in total. The lowest BCUT2D eigenvalue weighted by Crippen LogP contribution is -2.40. The third-order valence-electron chi connectivity index (χ3n) is 7.39. The number of esters is 1. The second kappa shape index (κ2) is 17.0. The molecule has 0 saturated carbocycles. The summed E-state index contributed by atoms with van der Waals surface area (Å²) in [5.41, 5.74) is 0.937. The number of benzene rings is 2. The molecule has 246 valence electrons. The summed E-state index contributed by atoms with van der Waals surface area (Å²) in [5, 5.41) is 9.93. The monoisotopic (exact) mass is 677 g/mol. The van der Waals surface area contributed by atoms with Crippen molar-refractivity contribution in [1.82, 2.24) is 0 Å². The van der Waals surface area contributed by atoms with Crippen molar-refractivity contribution < 1.29 is 32.2 Å². The third kappa shape index (κ3) is 10.8. The van der Waals surface area contributed by atoms with Crippen LogP contribution >= 0.6 is 11.6 Å². The minimum Gasteiger partial charge on any atom is -0.488 e. The number of sulfonamides is 1. The lowest BCUT2D eigenvalue weighted by atomic mass is 9.96. The summed E-state index contributed by atoms with van der Waals surface area (Å²) in [7, 11) is -4.26. The van der Waals surface area contributed by atoms with E-state index in [9.17, 15) is 18.5 Å². The van der Waals surface area contributed by atoms with E-state index in [0.717, 1.165) is 38.1 Å². The summed E-state index contributed by atoms with van der Waals surface area (Å²) in [6, 6.07) is 10.3. The summed E-state index contributed by atoms with van der Waals surface area (Å²) >= 11 is 6.49. The van der Waals surface area contributed by atoms with Gasteiger partial charge in [-0.15, -0.1) is 0 Å². The zero-order chi connectivity index (χ0) is 33.0. The number of carbonyl (C=O) groups is 1. The molecule has 3 rings (SSSR count). The highest BCUT2D eigenvalue weighted by molar-refractivity contribution is 7.92. The minimum atomic E-state index is -4.32. The zero-order valence-corrected chi connectivity index (χ0v) is 29.1. The maximum absolute atomic E-state index is 13.9. The molecule has 0 amide bonds. The fourth-order valence-corrected chi connectivity index (χ4v) is 7.19. The van der Waals surface area contributed by atoms with Crippen LogP contribution in [0.4, 0.5) is 11.4 Å². The largest absolute Gasteiger partial charge is 0.488 e. The van der Waals surface area contributed by atoms with Crippen LogP contribution in [0.3, 0.4) is 0 Å². The van der Waals surface area contributed by atoms with Crippen LogP contribution in [0.5, 0.6) is 5.75 Å². The summed E-state index contributed by atoms with van der Waals surface area (Å²) in [5.74, 6) is -0.662. The third-order valence-corrected chi connectivity index (χ3v) is 10.8. The molecule has 1 fully saturated rings. The predicted molar refractivity (Wildman–Crippen MR) is 180 cm³/mol. The first-order valence-electron chi connectivity index (χ1n) is 15.0. The number of anilines is 2. The van der Waals surface area contributed by atoms with Gasteiger partial charge in [0.1, 0.15) is 30.1 Å². The molecule has 10 nitrogen and oxygen atoms in total. The van der Waals surface area contributed by atoms with E-state index < -0.39 is 24.1 Å². The molecular formula is C32H44ClN3O7SSi. The molecule has 2 aromatic rings. The molecule has 0 radical (unpaired) electrons. The molecule has 2 aromatic carbocycles. The number of methoxy groups -OCH3 is 1. The van der Waals surface area contributed by atoms with E-state index in [-0.39, 0.29) is 51.9 Å². The molecule has 1 saturated heterocycles. The lowest BCUT2D eigenvalue weighted by molar-refractivity contribution is -0.0506. The number of hydrogen-bond donors (Lipinski definition) is 1. The average molecular weight is 678 g/mol. The van der Waals surface area contributed by atoms with Crippen LogP contribution in [-0.2, 0) is 24.2 Å². The second-order valence-corrected chi connectivity index (χ2v) is 19.7. The summed E-state index contributed by atoms with van der Waals surface area (Å²) in [6.07, 6.45) is 5.97. The van der Waals surface area contributed by atoms with Gasteiger partial charge < -0.3 is 23.8 Å². The molecule has 13 heteroatoms. The fraction of sp³-hybridized carbons (Fsp3) is 0.500. The van der Waals surface area contributed by atoms with Crippen molar-refractivity contribution >= 4 is 47.0 Å². The van der Waals surface area contributed by atoms with Crippen molar-refractivity contribution in [3.05, 3.63) is 59.1 Å². The van der Waals surface area contributed by atoms with E-state index in [1.165, 1.54) is 37.5 Å². The van der Waals surface area contributed by atoms with Gasteiger partial charge in [0.25, 0.3) is 10.0 Å². The van der Waals surface area contributed by atoms with Crippen molar-refractivity contribution in [2.24, 2.45) is 0 Å². The number of carbonyl (C=O) groups excluding carboxylic acids is 1. The maximum atomic E-state index is 13.9. The zero-order valence-electron chi connectivity index (χ0n) is 26.6. The predicted octanol–water partition coefficient (Wildman–Crippen LogP) is 6.83. The van der Waals surface area contributed by atoms with E-state index in [2.05, 4.69) is 35.8 Å². The topological polar surface area (TPSA) is 127 Å². The molecule has 0 spiro atoms. The van der Waals surface area contributed by atoms with Crippen LogP contribution in [0.2, 0.25) is 30.7 Å². The number of rotatable bonds is 17. The van der Waals surface area contributed by atoms with Gasteiger partial charge in [0, 0.05) is 33.9 Å². The van der Waals surface area contributed by atoms with E-state index in [1.807, 2.05) is 6.07 Å². The van der Waals surface area contributed by atoms with Crippen LogP contribution < -0.4 is 14.4 Å². The number of ether oxygens (including phenoxy) is 4. The van der Waals surface area contributed by atoms with Crippen LogP contribution in [0.15, 0.2) is 47.9 Å². The molecule has 1 aliphatic rings. The Hall–Kier alpha value is -3.08. The molecule has 0 aromatic heterocycles. The summed E-state index contributed by atoms with van der Waals surface area (Å²) in [6.45, 7) is 12.8. The van der Waals surface area contributed by atoms with Crippen LogP contribution in [0.1, 0.15) is 48.0 Å². The van der Waals surface area contributed by atoms with Gasteiger partial charge >= 0.3 is 5.97 Å². The number of piperidine rings is 1. The minimum absolute atomic E-state index is 0.0337. The molecule has 0 unspecified atom stereocenters. The van der Waals surface area contributed by atoms with Gasteiger partial charge in [-0.3, -0.25) is 4.72 Å². The van der Waals surface area contributed by atoms with Gasteiger partial charge in [0.05, 0.1) is 34.6 Å². The molecule has 0 bridgehead atoms. The van der Waals surface area contributed by atoms with Gasteiger partial charge in [-0.2, -0.15) is 5.26 Å². The number of halogens is 1. The van der Waals surface area contributed by atoms with Crippen molar-refractivity contribution in [3.63, 3.8) is 0 Å². The van der Waals surface area contributed by atoms with Crippen molar-refractivity contribution in [3.8, 4) is 11.8 Å². The molecular weight excluding hydrogens is 634 g/mol. The normalized spacial score (nSPS) is 15.3. The van der Waals surface area contributed by atoms with E-state index in [0.29, 0.717) is 25.4 Å². The fourth-order valence-electron chi connectivity index (χ4n) is 4.99. The van der Waals surface area contributed by atoms with Gasteiger partial charge in [-0.1, -0.05) is 43.9 Å². The van der Waals surface area contributed by atoms with E-state index >= 15 is 0 Å². The molecule has 0 aliphatic carbocycles. The smallest absolute Gasteiger partial charge is 0.337 e. The first-order chi connectivity index (χ1) is 21.4. The van der Waals surface area contributed by atoms with Crippen LogP contribution in [-0.4, -0.2) is 68.8 Å². The summed E-state index contributed by atoms with van der Waals surface area (Å²) < 4.78 is 52.2. The van der Waals surface area contributed by atoms with Gasteiger partial charge in [-0.25, -0.2) is 13.2 Å². The Bertz CT molecular complexity index is 1470. The number of hydrogen-bond acceptors (Lipinski definition) is 9. The Balaban J connectivity index is 1.85. The van der Waals surface area contributed by atoms with Crippen molar-refractivity contribution in [1.29, 1.82) is 5.26 Å². The van der Waals surface area contributed by atoms with Gasteiger partial charge in [0.2, 0.25) is 0 Å². The highest BCUT2D eigenvalue weighted by atomic mass is 35.5. The first-order valence-corrected chi connectivity index (χ1v) is 20.6. The second-order valence-electron chi connectivity index (χ2n) is 12.0. The highest BCUT2D eigenvalue weighted by Crippen LogP contribution is 2.39. The van der Waals surface area contributed by atoms with Crippen LogP contribution in [0.25, 0.3) is 0 Å². The quantitative estimate of drug-likeness (QED) is 0.0630. The van der Waals surface area contributed by atoms with E-state index in [1.54, 1.807) is 6.07 Å². The standard InChI is InChI=1S/C32H44ClN3O7SSi/c1-6-15-43-30-13-12-24(32(37)40-2)20-31(30)44(38,39)35-28-19-25(22-34)27(33)21-29(28)36-14-8-7-10-26(36)11-9-16-41-23-42-17-18-45(3,4)5/h6,12-13,19-21,26,35H,1,7-11,14-18,23H2,2-5H3/t26-/m0/s1. The Morgan fingerprint density at radius 2 is 1.96 bits per heavy atom. The highest BCUT2D eigenvalue weighted by Gasteiger charge is 2.29. The molecule has 1 atom stereocenters. The molecule has 45 heavy (non-hydrogen) atoms. The average Bonchev–Trinajstić information content (AvgIpc) is 3.01. The SMILES string of the molecule is C=CCOc1ccc(C(=O)OC)cc1S(=O)(=O)Nc1cc(C#N)c(Cl)cc1N1CCCC[C@H]1CCCOCOCC[Si](C)(C)C. The summed E-state index contributed by atoms with van der Waals surface area (Å²) in [4.78, 5) is 14.1. The maximum Gasteiger partial charge on any atom is 0.337 e. The lowest BCUT2D eigenvalue weighted by Gasteiger charge is -2.39. The van der Waals surface area contributed by atoms with E-state index in [4.69, 9.17) is 30.5 Å². The Morgan fingerprint density at radius 3 is 2.64 bits per heavy atom. The van der Waals surface area contributed by atoms with Crippen LogP contribution in [0, 0.1) is 11.3 Å². The molecule has 1 aliphatic heterocycles. The van der Waals surface area contributed by atoms with Crippen molar-refractivity contribution in [2.45, 2.75) is 68.7 Å². The van der Waals surface area contributed by atoms with Gasteiger partial charge in [-0.05, 0) is 68.5 Å².